The maximum Gasteiger partial charge on any atom is 0.345 e. The molecule has 0 aliphatic carbocycles. The Hall–Kier alpha value is -2.60. The first-order valence-electron chi connectivity index (χ1n) is 6.81. The van der Waals surface area contributed by atoms with Crippen LogP contribution in [0.3, 0.4) is 0 Å². The summed E-state index contributed by atoms with van der Waals surface area (Å²) < 4.78 is 24.1. The second kappa shape index (κ2) is 4.96. The highest BCUT2D eigenvalue weighted by molar-refractivity contribution is 6.37. The van der Waals surface area contributed by atoms with Crippen molar-refractivity contribution in [2.75, 3.05) is 0 Å². The number of carboxylic acid groups (broad SMARTS) is 1. The summed E-state index contributed by atoms with van der Waals surface area (Å²) in [6, 6.07) is 7.69. The van der Waals surface area contributed by atoms with E-state index in [0.717, 1.165) is 0 Å². The molecule has 116 valence electrons. The van der Waals surface area contributed by atoms with Crippen LogP contribution in [-0.2, 0) is 11.2 Å². The highest BCUT2D eigenvalue weighted by Crippen LogP contribution is 2.43. The maximum atomic E-state index is 13.4. The van der Waals surface area contributed by atoms with Crippen molar-refractivity contribution in [2.24, 2.45) is 0 Å². The molecular weight excluding hydrogens is 325 g/mol. The van der Waals surface area contributed by atoms with E-state index in [2.05, 4.69) is 5.16 Å². The Morgan fingerprint density at radius 3 is 2.96 bits per heavy atom. The van der Waals surface area contributed by atoms with Crippen LogP contribution in [0.2, 0.25) is 5.02 Å². The third-order valence-corrected chi connectivity index (χ3v) is 4.12. The van der Waals surface area contributed by atoms with E-state index in [4.69, 9.17) is 26.0 Å². The van der Waals surface area contributed by atoms with Gasteiger partial charge in [0.1, 0.15) is 22.3 Å². The van der Waals surface area contributed by atoms with Gasteiger partial charge in [-0.15, -0.1) is 0 Å². The number of nitrogens with zero attached hydrogens (tertiary/aromatic N) is 1. The number of fused-ring (bicyclic) bond motifs is 2. The van der Waals surface area contributed by atoms with Gasteiger partial charge in [0.15, 0.2) is 11.7 Å². The fourth-order valence-corrected chi connectivity index (χ4v) is 3.02. The van der Waals surface area contributed by atoms with E-state index in [1.807, 2.05) is 0 Å². The van der Waals surface area contributed by atoms with E-state index in [1.54, 1.807) is 18.2 Å². The van der Waals surface area contributed by atoms with Gasteiger partial charge in [-0.1, -0.05) is 28.9 Å². The van der Waals surface area contributed by atoms with Gasteiger partial charge in [-0.05, 0) is 18.2 Å². The van der Waals surface area contributed by atoms with Gasteiger partial charge < -0.3 is 14.4 Å². The number of ether oxygens (including phenoxy) is 1. The van der Waals surface area contributed by atoms with Crippen molar-refractivity contribution in [1.29, 1.82) is 0 Å². The zero-order chi connectivity index (χ0) is 16.1. The summed E-state index contributed by atoms with van der Waals surface area (Å²) in [4.78, 5) is 11.1. The topological polar surface area (TPSA) is 72.6 Å². The summed E-state index contributed by atoms with van der Waals surface area (Å²) in [7, 11) is 0. The Bertz CT molecular complexity index is 953. The number of rotatable bonds is 2. The SMILES string of the molecule is O=C(O)C1Cc2cc3c(-c4cccc(F)c4)noc3c(Cl)c2O1. The molecule has 4 rings (SSSR count). The minimum absolute atomic E-state index is 0.177. The fraction of sp³-hybridized carbons (Fsp3) is 0.125. The molecule has 0 spiro atoms. The zero-order valence-corrected chi connectivity index (χ0v) is 12.3. The molecule has 1 unspecified atom stereocenters. The molecule has 1 aliphatic rings. The van der Waals surface area contributed by atoms with Gasteiger partial charge in [0.05, 0.1) is 5.39 Å². The van der Waals surface area contributed by atoms with Gasteiger partial charge in [0, 0.05) is 17.5 Å². The van der Waals surface area contributed by atoms with Crippen LogP contribution in [0.4, 0.5) is 4.39 Å². The molecule has 1 atom stereocenters. The molecule has 0 saturated heterocycles. The molecule has 5 nitrogen and oxygen atoms in total. The Labute approximate surface area is 134 Å². The van der Waals surface area contributed by atoms with Crippen molar-refractivity contribution in [2.45, 2.75) is 12.5 Å². The predicted octanol–water partition coefficient (Wildman–Crippen LogP) is 3.68. The third kappa shape index (κ3) is 2.14. The minimum atomic E-state index is -1.06. The Morgan fingerprint density at radius 2 is 2.22 bits per heavy atom. The lowest BCUT2D eigenvalue weighted by Gasteiger charge is -2.05. The van der Waals surface area contributed by atoms with Crippen molar-refractivity contribution in [1.82, 2.24) is 5.16 Å². The summed E-state index contributed by atoms with van der Waals surface area (Å²) in [5, 5.41) is 13.8. The quantitative estimate of drug-likeness (QED) is 0.774. The lowest BCUT2D eigenvalue weighted by Crippen LogP contribution is -2.24. The molecule has 7 heteroatoms. The number of benzene rings is 2. The molecular formula is C16H9ClFNO4. The summed E-state index contributed by atoms with van der Waals surface area (Å²) in [6.07, 6.45) is -0.770. The van der Waals surface area contributed by atoms with Crippen molar-refractivity contribution < 1.29 is 23.6 Å². The van der Waals surface area contributed by atoms with E-state index in [1.165, 1.54) is 12.1 Å². The first-order chi connectivity index (χ1) is 11.0. The van der Waals surface area contributed by atoms with Crippen LogP contribution in [0.25, 0.3) is 22.2 Å². The monoisotopic (exact) mass is 333 g/mol. The summed E-state index contributed by atoms with van der Waals surface area (Å²) in [5.41, 5.74) is 1.95. The second-order valence-corrected chi connectivity index (χ2v) is 5.62. The molecule has 0 saturated carbocycles. The highest BCUT2D eigenvalue weighted by Gasteiger charge is 2.33. The van der Waals surface area contributed by atoms with Crippen LogP contribution >= 0.6 is 11.6 Å². The molecule has 0 radical (unpaired) electrons. The molecule has 2 heterocycles. The van der Waals surface area contributed by atoms with Crippen LogP contribution in [-0.4, -0.2) is 22.3 Å². The van der Waals surface area contributed by atoms with Crippen molar-refractivity contribution >= 4 is 28.5 Å². The van der Waals surface area contributed by atoms with Gasteiger partial charge in [0.25, 0.3) is 0 Å². The van der Waals surface area contributed by atoms with Gasteiger partial charge in [-0.25, -0.2) is 9.18 Å². The predicted molar refractivity (Wildman–Crippen MR) is 80.2 cm³/mol. The highest BCUT2D eigenvalue weighted by atomic mass is 35.5. The van der Waals surface area contributed by atoms with Gasteiger partial charge in [-0.3, -0.25) is 0 Å². The van der Waals surface area contributed by atoms with Gasteiger partial charge in [0.2, 0.25) is 0 Å². The summed E-state index contributed by atoms with van der Waals surface area (Å²) in [6.45, 7) is 0. The Balaban J connectivity index is 1.90. The number of aromatic nitrogens is 1. The molecule has 1 aromatic heterocycles. The summed E-state index contributed by atoms with van der Waals surface area (Å²) >= 11 is 6.26. The minimum Gasteiger partial charge on any atom is -0.478 e. The zero-order valence-electron chi connectivity index (χ0n) is 11.5. The number of hydrogen-bond acceptors (Lipinski definition) is 4. The molecule has 0 amide bonds. The second-order valence-electron chi connectivity index (χ2n) is 5.25. The van der Waals surface area contributed by atoms with E-state index in [0.29, 0.717) is 28.0 Å². The lowest BCUT2D eigenvalue weighted by atomic mass is 10.0. The van der Waals surface area contributed by atoms with Crippen LogP contribution in [0.1, 0.15) is 5.56 Å². The average Bonchev–Trinajstić information content (AvgIpc) is 3.12. The van der Waals surface area contributed by atoms with Crippen molar-refractivity contribution in [3.63, 3.8) is 0 Å². The molecule has 1 aliphatic heterocycles. The summed E-state index contributed by atoms with van der Waals surface area (Å²) in [5.74, 6) is -1.15. The normalized spacial score (nSPS) is 16.3. The van der Waals surface area contributed by atoms with E-state index in [9.17, 15) is 9.18 Å². The fourth-order valence-electron chi connectivity index (χ4n) is 2.72. The number of aliphatic carboxylic acids is 1. The largest absolute Gasteiger partial charge is 0.478 e. The molecule has 0 fully saturated rings. The Kier molecular flexibility index (Phi) is 3.02. The smallest absolute Gasteiger partial charge is 0.345 e. The van der Waals surface area contributed by atoms with Crippen LogP contribution in [0, 0.1) is 5.82 Å². The molecule has 23 heavy (non-hydrogen) atoms. The average molecular weight is 334 g/mol. The number of carbonyl (C=O) groups is 1. The molecule has 0 bridgehead atoms. The van der Waals surface area contributed by atoms with Crippen LogP contribution in [0.5, 0.6) is 5.75 Å². The van der Waals surface area contributed by atoms with Crippen molar-refractivity contribution in [3.8, 4) is 17.0 Å². The van der Waals surface area contributed by atoms with Gasteiger partial charge in [-0.2, -0.15) is 0 Å². The van der Waals surface area contributed by atoms with Gasteiger partial charge >= 0.3 is 5.97 Å². The maximum absolute atomic E-state index is 13.4. The number of hydrogen-bond donors (Lipinski definition) is 1. The standard InChI is InChI=1S/C16H9ClFNO4/c17-12-14-8(6-11(22-14)16(20)21)5-10-13(19-23-15(10)12)7-2-1-3-9(18)4-7/h1-5,11H,6H2,(H,20,21). The number of halogens is 2. The molecule has 1 N–H and O–H groups in total. The van der Waals surface area contributed by atoms with E-state index >= 15 is 0 Å². The lowest BCUT2D eigenvalue weighted by molar-refractivity contribution is -0.144. The Morgan fingerprint density at radius 1 is 1.39 bits per heavy atom. The van der Waals surface area contributed by atoms with E-state index in [-0.39, 0.29) is 22.8 Å². The van der Waals surface area contributed by atoms with Crippen LogP contribution in [0.15, 0.2) is 34.9 Å². The van der Waals surface area contributed by atoms with Crippen LogP contribution < -0.4 is 4.74 Å². The molecule has 2 aromatic carbocycles. The third-order valence-electron chi connectivity index (χ3n) is 3.78. The first-order valence-corrected chi connectivity index (χ1v) is 7.18. The van der Waals surface area contributed by atoms with E-state index < -0.39 is 12.1 Å². The molecule has 3 aromatic rings. The first kappa shape index (κ1) is 14.0. The number of carboxylic acids is 1. The van der Waals surface area contributed by atoms with Crippen molar-refractivity contribution in [3.05, 3.63) is 46.7 Å².